The maximum absolute atomic E-state index is 4.39. The highest BCUT2D eigenvalue weighted by molar-refractivity contribution is 5.05. The molecule has 0 fully saturated rings. The summed E-state index contributed by atoms with van der Waals surface area (Å²) in [7, 11) is 1.94. The van der Waals surface area contributed by atoms with Crippen LogP contribution in [-0.4, -0.2) is 25.1 Å². The molecule has 0 aromatic carbocycles. The summed E-state index contributed by atoms with van der Waals surface area (Å²) in [5.74, 6) is 0. The number of hydrogen-bond donors (Lipinski definition) is 1. The highest BCUT2D eigenvalue weighted by Gasteiger charge is 2.10. The maximum atomic E-state index is 4.39. The maximum Gasteiger partial charge on any atom is 0.0522 e. The molecule has 0 bridgehead atoms. The predicted molar refractivity (Wildman–Crippen MR) is 75.7 cm³/mol. The summed E-state index contributed by atoms with van der Waals surface area (Å²) in [6, 6.07) is 2.07. The monoisotopic (exact) mass is 261 g/mol. The van der Waals surface area contributed by atoms with Crippen LogP contribution in [0.3, 0.4) is 0 Å². The molecule has 0 unspecified atom stereocenters. The van der Waals surface area contributed by atoms with E-state index < -0.39 is 0 Å². The lowest BCUT2D eigenvalue weighted by atomic mass is 10.1. The SMILES string of the molecule is Cn1cc(CCn2nccc2CNC(C)(C)C)cn1. The van der Waals surface area contributed by atoms with Crippen LogP contribution < -0.4 is 5.32 Å². The highest BCUT2D eigenvalue weighted by Crippen LogP contribution is 2.06. The molecule has 0 saturated carbocycles. The van der Waals surface area contributed by atoms with Crippen molar-refractivity contribution in [3.63, 3.8) is 0 Å². The van der Waals surface area contributed by atoms with Crippen molar-refractivity contribution in [1.82, 2.24) is 24.9 Å². The normalized spacial score (nSPS) is 12.0. The fraction of sp³-hybridized carbons (Fsp3) is 0.571. The van der Waals surface area contributed by atoms with Crippen LogP contribution in [0.2, 0.25) is 0 Å². The van der Waals surface area contributed by atoms with E-state index in [1.165, 1.54) is 11.3 Å². The minimum atomic E-state index is 0.123. The molecular weight excluding hydrogens is 238 g/mol. The smallest absolute Gasteiger partial charge is 0.0522 e. The number of nitrogens with zero attached hydrogens (tertiary/aromatic N) is 4. The van der Waals surface area contributed by atoms with E-state index in [0.29, 0.717) is 0 Å². The molecule has 19 heavy (non-hydrogen) atoms. The second-order valence-corrected chi connectivity index (χ2v) is 5.92. The summed E-state index contributed by atoms with van der Waals surface area (Å²) in [4.78, 5) is 0. The molecule has 104 valence electrons. The summed E-state index contributed by atoms with van der Waals surface area (Å²) in [6.45, 7) is 8.24. The molecule has 0 amide bonds. The summed E-state index contributed by atoms with van der Waals surface area (Å²) in [5, 5.41) is 12.1. The van der Waals surface area contributed by atoms with Crippen LogP contribution in [0.4, 0.5) is 0 Å². The van der Waals surface area contributed by atoms with Crippen LogP contribution in [-0.2, 0) is 26.6 Å². The zero-order valence-corrected chi connectivity index (χ0v) is 12.2. The first-order valence-corrected chi connectivity index (χ1v) is 6.67. The molecule has 0 aliphatic heterocycles. The van der Waals surface area contributed by atoms with Crippen LogP contribution in [0.25, 0.3) is 0 Å². The lowest BCUT2D eigenvalue weighted by molar-refractivity contribution is 0.411. The van der Waals surface area contributed by atoms with E-state index in [1.807, 2.05) is 24.1 Å². The van der Waals surface area contributed by atoms with E-state index >= 15 is 0 Å². The van der Waals surface area contributed by atoms with Crippen molar-refractivity contribution in [2.75, 3.05) is 0 Å². The van der Waals surface area contributed by atoms with Gasteiger partial charge in [0.1, 0.15) is 0 Å². The molecule has 0 atom stereocenters. The number of rotatable bonds is 5. The van der Waals surface area contributed by atoms with Crippen molar-refractivity contribution >= 4 is 0 Å². The second-order valence-electron chi connectivity index (χ2n) is 5.92. The van der Waals surface area contributed by atoms with Gasteiger partial charge >= 0.3 is 0 Å². The number of hydrogen-bond acceptors (Lipinski definition) is 3. The van der Waals surface area contributed by atoms with Crippen LogP contribution >= 0.6 is 0 Å². The number of aryl methyl sites for hydroxylation is 3. The molecular formula is C14H23N5. The van der Waals surface area contributed by atoms with Crippen LogP contribution in [0.15, 0.2) is 24.7 Å². The van der Waals surface area contributed by atoms with Crippen molar-refractivity contribution in [2.24, 2.45) is 7.05 Å². The second kappa shape index (κ2) is 5.57. The van der Waals surface area contributed by atoms with E-state index in [2.05, 4.69) is 53.2 Å². The number of nitrogens with one attached hydrogen (secondary N) is 1. The fourth-order valence-electron chi connectivity index (χ4n) is 1.90. The first kappa shape index (κ1) is 13.8. The lowest BCUT2D eigenvalue weighted by Gasteiger charge is -2.20. The van der Waals surface area contributed by atoms with Gasteiger partial charge in [-0.25, -0.2) is 0 Å². The largest absolute Gasteiger partial charge is 0.306 e. The zero-order valence-electron chi connectivity index (χ0n) is 12.2. The summed E-state index contributed by atoms with van der Waals surface area (Å²) >= 11 is 0. The Morgan fingerprint density at radius 2 is 2.05 bits per heavy atom. The van der Waals surface area contributed by atoms with Gasteiger partial charge in [-0.2, -0.15) is 10.2 Å². The molecule has 5 heteroatoms. The van der Waals surface area contributed by atoms with Crippen molar-refractivity contribution in [3.8, 4) is 0 Å². The number of aromatic nitrogens is 4. The zero-order chi connectivity index (χ0) is 13.9. The van der Waals surface area contributed by atoms with Gasteiger partial charge in [0.05, 0.1) is 11.9 Å². The van der Waals surface area contributed by atoms with Crippen LogP contribution in [0, 0.1) is 0 Å². The molecule has 0 radical (unpaired) electrons. The summed E-state index contributed by atoms with van der Waals surface area (Å²) < 4.78 is 3.90. The Balaban J connectivity index is 1.92. The van der Waals surface area contributed by atoms with Gasteiger partial charge in [0, 0.05) is 38.1 Å². The molecule has 1 N–H and O–H groups in total. The Morgan fingerprint density at radius 3 is 2.68 bits per heavy atom. The first-order chi connectivity index (χ1) is 8.94. The average molecular weight is 261 g/mol. The molecule has 0 spiro atoms. The Morgan fingerprint density at radius 1 is 1.26 bits per heavy atom. The van der Waals surface area contributed by atoms with E-state index in [9.17, 15) is 0 Å². The highest BCUT2D eigenvalue weighted by atomic mass is 15.3. The Bertz CT molecular complexity index is 518. The van der Waals surface area contributed by atoms with Gasteiger partial charge in [-0.1, -0.05) is 0 Å². The summed E-state index contributed by atoms with van der Waals surface area (Å²) in [5.41, 5.74) is 2.59. The average Bonchev–Trinajstić information content (AvgIpc) is 2.91. The van der Waals surface area contributed by atoms with Crippen molar-refractivity contribution in [1.29, 1.82) is 0 Å². The lowest BCUT2D eigenvalue weighted by Crippen LogP contribution is -2.35. The minimum absolute atomic E-state index is 0.123. The van der Waals surface area contributed by atoms with Crippen LogP contribution in [0.1, 0.15) is 32.0 Å². The standard InChI is InChI=1S/C14H23N5/c1-14(2,3)15-10-13-5-7-16-19(13)8-6-12-9-17-18(4)11-12/h5,7,9,11,15H,6,8,10H2,1-4H3. The molecule has 0 saturated heterocycles. The molecule has 2 rings (SSSR count). The predicted octanol–water partition coefficient (Wildman–Crippen LogP) is 1.75. The third-order valence-corrected chi connectivity index (χ3v) is 2.97. The molecule has 2 aromatic rings. The van der Waals surface area contributed by atoms with Crippen LogP contribution in [0.5, 0.6) is 0 Å². The molecule has 5 nitrogen and oxygen atoms in total. The third kappa shape index (κ3) is 4.21. The van der Waals surface area contributed by atoms with Gasteiger partial charge in [0.2, 0.25) is 0 Å². The fourth-order valence-corrected chi connectivity index (χ4v) is 1.90. The van der Waals surface area contributed by atoms with Gasteiger partial charge < -0.3 is 5.32 Å². The van der Waals surface area contributed by atoms with E-state index in [4.69, 9.17) is 0 Å². The van der Waals surface area contributed by atoms with E-state index in [-0.39, 0.29) is 5.54 Å². The van der Waals surface area contributed by atoms with Gasteiger partial charge in [-0.3, -0.25) is 9.36 Å². The van der Waals surface area contributed by atoms with Gasteiger partial charge in [0.25, 0.3) is 0 Å². The van der Waals surface area contributed by atoms with Gasteiger partial charge in [-0.15, -0.1) is 0 Å². The van der Waals surface area contributed by atoms with Gasteiger partial charge in [-0.05, 0) is 38.8 Å². The van der Waals surface area contributed by atoms with Crippen molar-refractivity contribution in [3.05, 3.63) is 35.9 Å². The van der Waals surface area contributed by atoms with Crippen molar-refractivity contribution in [2.45, 2.75) is 45.8 Å². The Hall–Kier alpha value is -1.62. The van der Waals surface area contributed by atoms with Crippen molar-refractivity contribution < 1.29 is 0 Å². The molecule has 0 aliphatic rings. The quantitative estimate of drug-likeness (QED) is 0.892. The molecule has 2 heterocycles. The van der Waals surface area contributed by atoms with E-state index in [0.717, 1.165) is 19.5 Å². The Kier molecular flexibility index (Phi) is 4.04. The van der Waals surface area contributed by atoms with Gasteiger partial charge in [0.15, 0.2) is 0 Å². The summed E-state index contributed by atoms with van der Waals surface area (Å²) in [6.07, 6.45) is 6.79. The molecule has 2 aromatic heterocycles. The topological polar surface area (TPSA) is 47.7 Å². The first-order valence-electron chi connectivity index (χ1n) is 6.67. The Labute approximate surface area is 114 Å². The third-order valence-electron chi connectivity index (χ3n) is 2.97. The van der Waals surface area contributed by atoms with E-state index in [1.54, 1.807) is 0 Å². The minimum Gasteiger partial charge on any atom is -0.306 e. The molecule has 0 aliphatic carbocycles.